The molecule has 0 saturated heterocycles. The highest BCUT2D eigenvalue weighted by Gasteiger charge is 2.27. The summed E-state index contributed by atoms with van der Waals surface area (Å²) >= 11 is 4.82. The van der Waals surface area contributed by atoms with E-state index in [4.69, 9.17) is 9.47 Å². The number of fused-ring (bicyclic) bond motifs is 1. The van der Waals surface area contributed by atoms with E-state index in [0.717, 1.165) is 15.7 Å². The van der Waals surface area contributed by atoms with Gasteiger partial charge in [0.25, 0.3) is 5.91 Å². The highest BCUT2D eigenvalue weighted by molar-refractivity contribution is 9.10. The Kier molecular flexibility index (Phi) is 8.99. The van der Waals surface area contributed by atoms with Crippen LogP contribution in [0.25, 0.3) is 0 Å². The van der Waals surface area contributed by atoms with E-state index in [1.807, 2.05) is 43.5 Å². The molecule has 3 aromatic rings. The molecule has 38 heavy (non-hydrogen) atoms. The van der Waals surface area contributed by atoms with Crippen LogP contribution in [0.15, 0.2) is 46.0 Å². The zero-order valence-corrected chi connectivity index (χ0v) is 24.5. The molecule has 0 fully saturated rings. The van der Waals surface area contributed by atoms with Crippen LogP contribution in [-0.4, -0.2) is 39.1 Å². The summed E-state index contributed by atoms with van der Waals surface area (Å²) in [6, 6.07) is 10.6. The molecular weight excluding hydrogens is 570 g/mol. The van der Waals surface area contributed by atoms with Gasteiger partial charge in [0, 0.05) is 22.3 Å². The zero-order chi connectivity index (χ0) is 27.4. The molecule has 0 bridgehead atoms. The average Bonchev–Trinajstić information content (AvgIpc) is 3.52. The number of nitrogens with one attached hydrogen (secondary N) is 2. The molecule has 9 nitrogen and oxygen atoms in total. The summed E-state index contributed by atoms with van der Waals surface area (Å²) in [4.78, 5) is 25.9. The summed E-state index contributed by atoms with van der Waals surface area (Å²) in [6.45, 7) is 11.0. The molecular formula is C27H32BrN5O4S. The maximum Gasteiger partial charge on any atom is 0.252 e. The number of amides is 2. The van der Waals surface area contributed by atoms with E-state index in [1.54, 1.807) is 18.2 Å². The molecule has 1 aliphatic rings. The van der Waals surface area contributed by atoms with Crippen molar-refractivity contribution >= 4 is 45.2 Å². The van der Waals surface area contributed by atoms with Gasteiger partial charge in [-0.25, -0.2) is 0 Å². The maximum atomic E-state index is 13.1. The van der Waals surface area contributed by atoms with E-state index in [-0.39, 0.29) is 42.2 Å². The monoisotopic (exact) mass is 601 g/mol. The summed E-state index contributed by atoms with van der Waals surface area (Å²) in [5.74, 6) is 1.96. The number of hydrogen-bond acceptors (Lipinski definition) is 7. The quantitative estimate of drug-likeness (QED) is 0.284. The van der Waals surface area contributed by atoms with E-state index in [0.29, 0.717) is 34.6 Å². The fourth-order valence-electron chi connectivity index (χ4n) is 4.17. The lowest BCUT2D eigenvalue weighted by molar-refractivity contribution is -0.113. The Balaban J connectivity index is 1.45. The molecule has 2 amide bonds. The number of aromatic nitrogens is 3. The number of ether oxygens (including phenoxy) is 2. The van der Waals surface area contributed by atoms with E-state index >= 15 is 0 Å². The average molecular weight is 603 g/mol. The third-order valence-electron chi connectivity index (χ3n) is 6.17. The van der Waals surface area contributed by atoms with Gasteiger partial charge in [-0.3, -0.25) is 9.59 Å². The van der Waals surface area contributed by atoms with Crippen LogP contribution in [0.5, 0.6) is 11.5 Å². The first-order valence-electron chi connectivity index (χ1n) is 12.5. The summed E-state index contributed by atoms with van der Waals surface area (Å²) in [5.41, 5.74) is 2.34. The number of halogens is 1. The van der Waals surface area contributed by atoms with Gasteiger partial charge in [0.05, 0.1) is 11.8 Å². The van der Waals surface area contributed by atoms with Gasteiger partial charge in [0.15, 0.2) is 22.5 Å². The molecule has 0 saturated carbocycles. The van der Waals surface area contributed by atoms with Crippen molar-refractivity contribution < 1.29 is 19.1 Å². The molecule has 0 aliphatic carbocycles. The van der Waals surface area contributed by atoms with Gasteiger partial charge in [-0.15, -0.1) is 10.2 Å². The highest BCUT2D eigenvalue weighted by atomic mass is 79.9. The van der Waals surface area contributed by atoms with Crippen LogP contribution in [-0.2, 0) is 11.3 Å². The van der Waals surface area contributed by atoms with Crippen LogP contribution in [0, 0.1) is 5.92 Å². The van der Waals surface area contributed by atoms with Crippen LogP contribution < -0.4 is 20.1 Å². The fourth-order valence-corrected chi connectivity index (χ4v) is 5.36. The Bertz CT molecular complexity index is 1330. The van der Waals surface area contributed by atoms with Crippen molar-refractivity contribution in [3.05, 3.63) is 57.8 Å². The molecule has 2 heterocycles. The number of carbonyl (C=O) groups is 2. The third kappa shape index (κ3) is 6.32. The molecule has 2 aromatic carbocycles. The van der Waals surface area contributed by atoms with Crippen LogP contribution in [0.1, 0.15) is 68.3 Å². The standard InChI is InChI=1S/C27H32BrN5O4S/c1-6-33-25(24(16(4)5)30-26(35)17-7-10-21-22(11-17)37-14-36-21)31-32-27(33)38-13-23(34)29-20-9-8-18(28)12-19(20)15(2)3/h7-12,15-16,24H,6,13-14H2,1-5H3,(H,29,34)(H,30,35). The zero-order valence-electron chi connectivity index (χ0n) is 22.1. The van der Waals surface area contributed by atoms with E-state index in [9.17, 15) is 9.59 Å². The first-order chi connectivity index (χ1) is 18.2. The highest BCUT2D eigenvalue weighted by Crippen LogP contribution is 2.33. The summed E-state index contributed by atoms with van der Waals surface area (Å²) in [5, 5.41) is 15.5. The molecule has 0 radical (unpaired) electrons. The number of nitrogens with zero attached hydrogens (tertiary/aromatic N) is 3. The van der Waals surface area contributed by atoms with Crippen LogP contribution in [0.3, 0.4) is 0 Å². The molecule has 1 atom stereocenters. The number of anilines is 1. The molecule has 0 spiro atoms. The number of rotatable bonds is 10. The van der Waals surface area contributed by atoms with Crippen molar-refractivity contribution in [3.63, 3.8) is 0 Å². The number of carbonyl (C=O) groups excluding carboxylic acids is 2. The van der Waals surface area contributed by atoms with Gasteiger partial charge in [-0.1, -0.05) is 55.4 Å². The van der Waals surface area contributed by atoms with Gasteiger partial charge in [0.1, 0.15) is 0 Å². The Labute approximate surface area is 235 Å². The van der Waals surface area contributed by atoms with Crippen molar-refractivity contribution in [3.8, 4) is 11.5 Å². The Morgan fingerprint density at radius 2 is 1.84 bits per heavy atom. The van der Waals surface area contributed by atoms with Gasteiger partial charge in [0.2, 0.25) is 12.7 Å². The Morgan fingerprint density at radius 3 is 2.55 bits per heavy atom. The molecule has 2 N–H and O–H groups in total. The molecule has 202 valence electrons. The molecule has 1 aliphatic heterocycles. The minimum atomic E-state index is -0.375. The van der Waals surface area contributed by atoms with E-state index in [1.165, 1.54) is 11.8 Å². The smallest absolute Gasteiger partial charge is 0.252 e. The predicted molar refractivity (Wildman–Crippen MR) is 151 cm³/mol. The lowest BCUT2D eigenvalue weighted by Gasteiger charge is -2.22. The van der Waals surface area contributed by atoms with Crippen molar-refractivity contribution in [1.82, 2.24) is 20.1 Å². The van der Waals surface area contributed by atoms with Gasteiger partial charge in [-0.05, 0) is 60.7 Å². The minimum absolute atomic E-state index is 0.0514. The van der Waals surface area contributed by atoms with E-state index in [2.05, 4.69) is 50.6 Å². The maximum absolute atomic E-state index is 13.1. The predicted octanol–water partition coefficient (Wildman–Crippen LogP) is 5.77. The molecule has 1 aromatic heterocycles. The second-order valence-electron chi connectivity index (χ2n) is 9.57. The van der Waals surface area contributed by atoms with E-state index < -0.39 is 0 Å². The lowest BCUT2D eigenvalue weighted by atomic mass is 10.0. The minimum Gasteiger partial charge on any atom is -0.454 e. The normalized spacial score (nSPS) is 13.2. The first kappa shape index (κ1) is 28.0. The van der Waals surface area contributed by atoms with Crippen LogP contribution in [0.2, 0.25) is 0 Å². The second kappa shape index (κ2) is 12.2. The first-order valence-corrected chi connectivity index (χ1v) is 14.3. The Hall–Kier alpha value is -3.05. The number of thioether (sulfide) groups is 1. The third-order valence-corrected chi connectivity index (χ3v) is 7.63. The second-order valence-corrected chi connectivity index (χ2v) is 11.4. The largest absolute Gasteiger partial charge is 0.454 e. The summed E-state index contributed by atoms with van der Waals surface area (Å²) in [7, 11) is 0. The lowest BCUT2D eigenvalue weighted by Crippen LogP contribution is -2.33. The van der Waals surface area contributed by atoms with Gasteiger partial charge in [-0.2, -0.15) is 0 Å². The van der Waals surface area contributed by atoms with Crippen molar-refractivity contribution in [2.45, 2.75) is 58.3 Å². The number of benzene rings is 2. The summed E-state index contributed by atoms with van der Waals surface area (Å²) < 4.78 is 13.7. The van der Waals surface area contributed by atoms with Crippen molar-refractivity contribution in [2.75, 3.05) is 17.9 Å². The fraction of sp³-hybridized carbons (Fsp3) is 0.407. The molecule has 11 heteroatoms. The Morgan fingerprint density at radius 1 is 1.08 bits per heavy atom. The summed E-state index contributed by atoms with van der Waals surface area (Å²) in [6.07, 6.45) is 0. The topological polar surface area (TPSA) is 107 Å². The molecule has 4 rings (SSSR count). The van der Waals surface area contributed by atoms with Crippen molar-refractivity contribution in [2.24, 2.45) is 5.92 Å². The number of hydrogen-bond donors (Lipinski definition) is 2. The van der Waals surface area contributed by atoms with Crippen molar-refractivity contribution in [1.29, 1.82) is 0 Å². The van der Waals surface area contributed by atoms with Gasteiger partial charge >= 0.3 is 0 Å². The molecule has 1 unspecified atom stereocenters. The van der Waals surface area contributed by atoms with Crippen LogP contribution >= 0.6 is 27.7 Å². The van der Waals surface area contributed by atoms with Gasteiger partial charge < -0.3 is 24.7 Å². The SMILES string of the molecule is CCn1c(SCC(=O)Nc2ccc(Br)cc2C(C)C)nnc1C(NC(=O)c1ccc2c(c1)OCO2)C(C)C. The van der Waals surface area contributed by atoms with Crippen LogP contribution in [0.4, 0.5) is 5.69 Å².